The van der Waals surface area contributed by atoms with Gasteiger partial charge in [0.2, 0.25) is 5.91 Å². The Labute approximate surface area is 161 Å². The summed E-state index contributed by atoms with van der Waals surface area (Å²) in [5.74, 6) is 2.42. The number of hydrogen-bond donors (Lipinski definition) is 2. The van der Waals surface area contributed by atoms with Crippen LogP contribution in [0.1, 0.15) is 39.0 Å². The third-order valence-corrected chi connectivity index (χ3v) is 7.00. The predicted molar refractivity (Wildman–Crippen MR) is 106 cm³/mol. The fourth-order valence-electron chi connectivity index (χ4n) is 3.85. The summed E-state index contributed by atoms with van der Waals surface area (Å²) < 4.78 is 23.0. The van der Waals surface area contributed by atoms with E-state index < -0.39 is 9.84 Å². The number of nitrogens with one attached hydrogen (secondary N) is 2. The van der Waals surface area contributed by atoms with E-state index >= 15 is 0 Å². The number of piperidine rings is 1. The van der Waals surface area contributed by atoms with Crippen molar-refractivity contribution < 1.29 is 13.2 Å². The van der Waals surface area contributed by atoms with Gasteiger partial charge in [0.1, 0.15) is 18.0 Å². The first-order valence-corrected chi connectivity index (χ1v) is 11.6. The second kappa shape index (κ2) is 8.86. The summed E-state index contributed by atoms with van der Waals surface area (Å²) in [5.41, 5.74) is 0. The van der Waals surface area contributed by atoms with Crippen LogP contribution in [0.15, 0.2) is 12.4 Å². The van der Waals surface area contributed by atoms with Gasteiger partial charge in [0.15, 0.2) is 9.84 Å². The van der Waals surface area contributed by atoms with E-state index in [9.17, 15) is 13.2 Å². The van der Waals surface area contributed by atoms with Crippen molar-refractivity contribution in [3.8, 4) is 0 Å². The molecule has 0 aromatic carbocycles. The van der Waals surface area contributed by atoms with E-state index in [2.05, 4.69) is 25.5 Å². The Balaban J connectivity index is 1.47. The molecule has 0 saturated carbocycles. The summed E-state index contributed by atoms with van der Waals surface area (Å²) in [6.45, 7) is 4.69. The Bertz CT molecular complexity index is 755. The number of rotatable bonds is 7. The molecule has 2 N–H and O–H groups in total. The van der Waals surface area contributed by atoms with Crippen LogP contribution in [0.3, 0.4) is 0 Å². The van der Waals surface area contributed by atoms with Crippen molar-refractivity contribution in [3.63, 3.8) is 0 Å². The number of carbonyl (C=O) groups is 1. The van der Waals surface area contributed by atoms with Crippen LogP contribution < -0.4 is 15.5 Å². The summed E-state index contributed by atoms with van der Waals surface area (Å²) in [6.07, 6.45) is 5.56. The number of sulfone groups is 1. The number of anilines is 2. The molecule has 0 radical (unpaired) electrons. The molecular formula is C18H29N5O3S. The number of hydrogen-bond acceptors (Lipinski definition) is 7. The summed E-state index contributed by atoms with van der Waals surface area (Å²) in [5, 5.41) is 6.08. The van der Waals surface area contributed by atoms with E-state index in [1.807, 2.05) is 13.0 Å². The van der Waals surface area contributed by atoms with Gasteiger partial charge in [0, 0.05) is 38.2 Å². The smallest absolute Gasteiger partial charge is 0.220 e. The Hall–Kier alpha value is -1.90. The quantitative estimate of drug-likeness (QED) is 0.715. The van der Waals surface area contributed by atoms with Crippen molar-refractivity contribution >= 4 is 27.4 Å². The van der Waals surface area contributed by atoms with Crippen LogP contribution in [-0.2, 0) is 14.6 Å². The van der Waals surface area contributed by atoms with Crippen LogP contribution in [0, 0.1) is 5.92 Å². The molecule has 0 aliphatic carbocycles. The molecule has 2 aliphatic rings. The highest BCUT2D eigenvalue weighted by atomic mass is 32.2. The first-order valence-electron chi connectivity index (χ1n) is 9.76. The molecule has 0 unspecified atom stereocenters. The van der Waals surface area contributed by atoms with Crippen molar-refractivity contribution in [1.29, 1.82) is 0 Å². The molecule has 150 valence electrons. The van der Waals surface area contributed by atoms with Crippen LogP contribution >= 0.6 is 0 Å². The van der Waals surface area contributed by atoms with Crippen LogP contribution in [0.5, 0.6) is 0 Å². The van der Waals surface area contributed by atoms with Gasteiger partial charge in [-0.15, -0.1) is 0 Å². The lowest BCUT2D eigenvalue weighted by Crippen LogP contribution is -2.38. The van der Waals surface area contributed by atoms with Gasteiger partial charge in [-0.3, -0.25) is 4.79 Å². The molecule has 2 aliphatic heterocycles. The molecule has 1 amide bonds. The number of nitrogens with zero attached hydrogens (tertiary/aromatic N) is 3. The normalized spacial score (nSPS) is 24.6. The average molecular weight is 396 g/mol. The van der Waals surface area contributed by atoms with Gasteiger partial charge < -0.3 is 15.5 Å². The zero-order chi connectivity index (χ0) is 19.3. The molecule has 2 atom stereocenters. The third kappa shape index (κ3) is 5.79. The molecule has 1 aromatic rings. The van der Waals surface area contributed by atoms with Crippen LogP contribution in [0.2, 0.25) is 0 Å². The van der Waals surface area contributed by atoms with E-state index in [4.69, 9.17) is 0 Å². The maximum Gasteiger partial charge on any atom is 0.220 e. The van der Waals surface area contributed by atoms with Gasteiger partial charge in [0.05, 0.1) is 11.5 Å². The van der Waals surface area contributed by atoms with E-state index in [1.165, 1.54) is 0 Å². The molecule has 2 saturated heterocycles. The topological polar surface area (TPSA) is 104 Å². The second-order valence-electron chi connectivity index (χ2n) is 7.45. The molecule has 8 nitrogen and oxygen atoms in total. The fourth-order valence-corrected chi connectivity index (χ4v) is 5.52. The van der Waals surface area contributed by atoms with Crippen molar-refractivity contribution in [2.75, 3.05) is 41.4 Å². The SMILES string of the molecule is CCNc1cc(N2CCC[C@H](CCC(=O)N[C@H]3CCS(=O)(=O)C3)C2)ncn1. The Morgan fingerprint density at radius 1 is 1.33 bits per heavy atom. The van der Waals surface area contributed by atoms with Crippen molar-refractivity contribution in [3.05, 3.63) is 12.4 Å². The van der Waals surface area contributed by atoms with Crippen LogP contribution in [0.4, 0.5) is 11.6 Å². The Morgan fingerprint density at radius 2 is 2.19 bits per heavy atom. The summed E-state index contributed by atoms with van der Waals surface area (Å²) >= 11 is 0. The second-order valence-corrected chi connectivity index (χ2v) is 9.68. The molecule has 9 heteroatoms. The molecule has 3 heterocycles. The summed E-state index contributed by atoms with van der Waals surface area (Å²) in [6, 6.07) is 1.76. The Kier molecular flexibility index (Phi) is 6.51. The van der Waals surface area contributed by atoms with E-state index in [1.54, 1.807) is 6.33 Å². The average Bonchev–Trinajstić information content (AvgIpc) is 2.99. The first-order chi connectivity index (χ1) is 12.9. The maximum absolute atomic E-state index is 12.2. The highest BCUT2D eigenvalue weighted by Crippen LogP contribution is 2.25. The van der Waals surface area contributed by atoms with Gasteiger partial charge >= 0.3 is 0 Å². The largest absolute Gasteiger partial charge is 0.370 e. The highest BCUT2D eigenvalue weighted by Gasteiger charge is 2.29. The monoisotopic (exact) mass is 395 g/mol. The molecule has 0 spiro atoms. The van der Waals surface area contributed by atoms with Crippen LogP contribution in [0.25, 0.3) is 0 Å². The van der Waals surface area contributed by atoms with E-state index in [-0.39, 0.29) is 23.5 Å². The standard InChI is InChI=1S/C18H29N5O3S/c1-2-19-16-10-17(21-13-20-16)23-8-3-4-14(11-23)5-6-18(24)22-15-7-9-27(25,26)12-15/h10,13-15H,2-9,11-12H2,1H3,(H,22,24)(H,19,20,21)/t14-,15+/m1/s1. The summed E-state index contributed by atoms with van der Waals surface area (Å²) in [7, 11) is -2.96. The van der Waals surface area contributed by atoms with Crippen LogP contribution in [-0.4, -0.2) is 61.5 Å². The van der Waals surface area contributed by atoms with Gasteiger partial charge in [-0.1, -0.05) is 0 Å². The molecule has 2 fully saturated rings. The third-order valence-electron chi connectivity index (χ3n) is 5.23. The zero-order valence-electron chi connectivity index (χ0n) is 15.9. The lowest BCUT2D eigenvalue weighted by atomic mass is 9.93. The zero-order valence-corrected chi connectivity index (χ0v) is 16.7. The number of amides is 1. The first kappa shape index (κ1) is 19.9. The van der Waals surface area contributed by atoms with E-state index in [0.717, 1.165) is 50.5 Å². The highest BCUT2D eigenvalue weighted by molar-refractivity contribution is 7.91. The Morgan fingerprint density at radius 3 is 2.93 bits per heavy atom. The molecule has 0 bridgehead atoms. The molecule has 27 heavy (non-hydrogen) atoms. The minimum Gasteiger partial charge on any atom is -0.370 e. The van der Waals surface area contributed by atoms with Gasteiger partial charge in [0.25, 0.3) is 0 Å². The maximum atomic E-state index is 12.2. The molecule has 3 rings (SSSR count). The van der Waals surface area contributed by atoms with Crippen molar-refractivity contribution in [2.24, 2.45) is 5.92 Å². The van der Waals surface area contributed by atoms with Gasteiger partial charge in [-0.05, 0) is 38.5 Å². The predicted octanol–water partition coefficient (Wildman–Crippen LogP) is 1.21. The lowest BCUT2D eigenvalue weighted by Gasteiger charge is -2.33. The van der Waals surface area contributed by atoms with E-state index in [0.29, 0.717) is 18.8 Å². The minimum absolute atomic E-state index is 0.0364. The molecule has 1 aromatic heterocycles. The van der Waals surface area contributed by atoms with Gasteiger partial charge in [-0.2, -0.15) is 0 Å². The molecular weight excluding hydrogens is 366 g/mol. The van der Waals surface area contributed by atoms with Crippen molar-refractivity contribution in [2.45, 2.75) is 45.1 Å². The van der Waals surface area contributed by atoms with Gasteiger partial charge in [-0.25, -0.2) is 18.4 Å². The number of carbonyl (C=O) groups excluding carboxylic acids is 1. The lowest BCUT2D eigenvalue weighted by molar-refractivity contribution is -0.121. The number of aromatic nitrogens is 2. The fraction of sp³-hybridized carbons (Fsp3) is 0.722. The van der Waals surface area contributed by atoms with Crippen molar-refractivity contribution in [1.82, 2.24) is 15.3 Å². The summed E-state index contributed by atoms with van der Waals surface area (Å²) in [4.78, 5) is 23.0. The minimum atomic E-state index is -2.96.